The van der Waals surface area contributed by atoms with Crippen LogP contribution in [0.15, 0.2) is 24.3 Å². The number of nitrogen functional groups attached to an aromatic ring is 1. The van der Waals surface area contributed by atoms with E-state index in [0.717, 1.165) is 0 Å². The molecule has 0 spiro atoms. The van der Waals surface area contributed by atoms with Crippen molar-refractivity contribution in [3.05, 3.63) is 35.4 Å². The van der Waals surface area contributed by atoms with E-state index in [-0.39, 0.29) is 19.6 Å². The lowest BCUT2D eigenvalue weighted by molar-refractivity contribution is -0.122. The maximum atomic E-state index is 11.6. The molecule has 0 bridgehead atoms. The first kappa shape index (κ1) is 15.6. The van der Waals surface area contributed by atoms with Crippen LogP contribution >= 0.6 is 0 Å². The maximum Gasteiger partial charge on any atom is 0.265 e. The lowest BCUT2D eigenvalue weighted by Gasteiger charge is -2.20. The molecule has 0 fully saturated rings. The average molecular weight is 279 g/mol. The van der Waals surface area contributed by atoms with Crippen LogP contribution in [0.4, 0.5) is 0 Å². The van der Waals surface area contributed by atoms with Crippen LogP contribution in [0.5, 0.6) is 0 Å². The second-order valence-electron chi connectivity index (χ2n) is 4.21. The number of rotatable bonds is 7. The van der Waals surface area contributed by atoms with Crippen LogP contribution in [0.2, 0.25) is 0 Å². The van der Waals surface area contributed by atoms with Crippen LogP contribution in [0.1, 0.15) is 15.9 Å². The first-order valence-electron chi connectivity index (χ1n) is 5.82. The molecule has 0 atom stereocenters. The molecule has 0 radical (unpaired) electrons. The van der Waals surface area contributed by atoms with Crippen molar-refractivity contribution >= 4 is 17.7 Å². The highest BCUT2D eigenvalue weighted by Gasteiger charge is 2.16. The summed E-state index contributed by atoms with van der Waals surface area (Å²) in [5.41, 5.74) is 13.2. The molecule has 0 unspecified atom stereocenters. The second-order valence-corrected chi connectivity index (χ2v) is 4.21. The SMILES string of the molecule is NNC(=O)c1ccccc1CN(CC(N)=O)CC(N)=O. The van der Waals surface area contributed by atoms with Crippen molar-refractivity contribution in [3.8, 4) is 0 Å². The number of nitrogens with two attached hydrogens (primary N) is 3. The van der Waals surface area contributed by atoms with Gasteiger partial charge in [0.25, 0.3) is 5.91 Å². The Morgan fingerprint density at radius 1 is 1.05 bits per heavy atom. The summed E-state index contributed by atoms with van der Waals surface area (Å²) in [5.74, 6) is 3.46. The van der Waals surface area contributed by atoms with Gasteiger partial charge in [-0.25, -0.2) is 5.84 Å². The van der Waals surface area contributed by atoms with E-state index in [0.29, 0.717) is 11.1 Å². The topological polar surface area (TPSA) is 145 Å². The number of hydrogen-bond acceptors (Lipinski definition) is 5. The molecule has 0 aliphatic carbocycles. The number of nitrogens with zero attached hydrogens (tertiary/aromatic N) is 1. The minimum Gasteiger partial charge on any atom is -0.369 e. The molecule has 0 aliphatic rings. The summed E-state index contributed by atoms with van der Waals surface area (Å²) in [6, 6.07) is 6.69. The molecule has 20 heavy (non-hydrogen) atoms. The zero-order valence-corrected chi connectivity index (χ0v) is 10.8. The Balaban J connectivity index is 2.95. The summed E-state index contributed by atoms with van der Waals surface area (Å²) in [5, 5.41) is 0. The van der Waals surface area contributed by atoms with E-state index in [1.807, 2.05) is 5.43 Å². The lowest BCUT2D eigenvalue weighted by Crippen LogP contribution is -2.39. The van der Waals surface area contributed by atoms with E-state index in [9.17, 15) is 14.4 Å². The molecule has 7 N–H and O–H groups in total. The highest BCUT2D eigenvalue weighted by molar-refractivity contribution is 5.95. The van der Waals surface area contributed by atoms with Gasteiger partial charge in [0.15, 0.2) is 0 Å². The molecule has 8 heteroatoms. The van der Waals surface area contributed by atoms with E-state index < -0.39 is 17.7 Å². The molecule has 3 amide bonds. The Kier molecular flexibility index (Phi) is 5.63. The summed E-state index contributed by atoms with van der Waals surface area (Å²) in [6.45, 7) is -0.0987. The van der Waals surface area contributed by atoms with Crippen molar-refractivity contribution in [1.29, 1.82) is 0 Å². The van der Waals surface area contributed by atoms with Crippen LogP contribution < -0.4 is 22.7 Å². The summed E-state index contributed by atoms with van der Waals surface area (Å²) >= 11 is 0. The van der Waals surface area contributed by atoms with Gasteiger partial charge in [-0.3, -0.25) is 24.7 Å². The van der Waals surface area contributed by atoms with Gasteiger partial charge < -0.3 is 11.5 Å². The molecule has 0 aliphatic heterocycles. The van der Waals surface area contributed by atoms with Gasteiger partial charge >= 0.3 is 0 Å². The van der Waals surface area contributed by atoms with Crippen LogP contribution in [-0.2, 0) is 16.1 Å². The first-order chi connectivity index (χ1) is 9.43. The van der Waals surface area contributed by atoms with Gasteiger partial charge in [-0.15, -0.1) is 0 Å². The van der Waals surface area contributed by atoms with Crippen molar-refractivity contribution in [3.63, 3.8) is 0 Å². The van der Waals surface area contributed by atoms with Crippen LogP contribution in [0.3, 0.4) is 0 Å². The van der Waals surface area contributed by atoms with Gasteiger partial charge in [-0.05, 0) is 11.6 Å². The largest absolute Gasteiger partial charge is 0.369 e. The number of amides is 3. The molecule has 8 nitrogen and oxygen atoms in total. The van der Waals surface area contributed by atoms with Gasteiger partial charge in [-0.1, -0.05) is 18.2 Å². The van der Waals surface area contributed by atoms with Crippen molar-refractivity contribution in [2.45, 2.75) is 6.54 Å². The Morgan fingerprint density at radius 3 is 2.10 bits per heavy atom. The number of nitrogens with one attached hydrogen (secondary N) is 1. The molecule has 108 valence electrons. The molecular weight excluding hydrogens is 262 g/mol. The number of carbonyl (C=O) groups excluding carboxylic acids is 3. The Hall–Kier alpha value is -2.45. The summed E-state index contributed by atoms with van der Waals surface area (Å²) in [4.78, 5) is 35.0. The van der Waals surface area contributed by atoms with E-state index in [2.05, 4.69) is 0 Å². The summed E-state index contributed by atoms with van der Waals surface area (Å²) < 4.78 is 0. The van der Waals surface area contributed by atoms with Gasteiger partial charge in [-0.2, -0.15) is 0 Å². The quantitative estimate of drug-likeness (QED) is 0.261. The minimum absolute atomic E-state index is 0.137. The zero-order chi connectivity index (χ0) is 15.1. The predicted molar refractivity (Wildman–Crippen MR) is 71.8 cm³/mol. The van der Waals surface area contributed by atoms with Crippen molar-refractivity contribution in [1.82, 2.24) is 10.3 Å². The van der Waals surface area contributed by atoms with Gasteiger partial charge in [0.05, 0.1) is 13.1 Å². The van der Waals surface area contributed by atoms with Gasteiger partial charge in [0.2, 0.25) is 11.8 Å². The Morgan fingerprint density at radius 2 is 1.60 bits per heavy atom. The van der Waals surface area contributed by atoms with Crippen molar-refractivity contribution < 1.29 is 14.4 Å². The van der Waals surface area contributed by atoms with Crippen molar-refractivity contribution in [2.75, 3.05) is 13.1 Å². The maximum absolute atomic E-state index is 11.6. The zero-order valence-electron chi connectivity index (χ0n) is 10.8. The molecule has 1 aromatic carbocycles. The standard InChI is InChI=1S/C12H17N5O3/c13-10(18)6-17(7-11(14)19)5-8-3-1-2-4-9(8)12(20)16-15/h1-4H,5-7,15H2,(H2,13,18)(H2,14,19)(H,16,20). The molecule has 1 aromatic rings. The van der Waals surface area contributed by atoms with Gasteiger partial charge in [0, 0.05) is 12.1 Å². The average Bonchev–Trinajstić information content (AvgIpc) is 2.37. The third-order valence-corrected chi connectivity index (χ3v) is 2.55. The van der Waals surface area contributed by atoms with Crippen LogP contribution in [0.25, 0.3) is 0 Å². The van der Waals surface area contributed by atoms with E-state index >= 15 is 0 Å². The molecule has 0 heterocycles. The lowest BCUT2D eigenvalue weighted by atomic mass is 10.1. The smallest absolute Gasteiger partial charge is 0.265 e. The molecule has 0 aromatic heterocycles. The molecule has 0 saturated carbocycles. The fraction of sp³-hybridized carbons (Fsp3) is 0.250. The number of primary amides is 2. The number of carbonyl (C=O) groups is 3. The highest BCUT2D eigenvalue weighted by atomic mass is 16.2. The number of hydrogen-bond donors (Lipinski definition) is 4. The van der Waals surface area contributed by atoms with Crippen molar-refractivity contribution in [2.24, 2.45) is 17.3 Å². The van der Waals surface area contributed by atoms with E-state index in [4.69, 9.17) is 17.3 Å². The monoisotopic (exact) mass is 279 g/mol. The van der Waals surface area contributed by atoms with E-state index in [1.54, 1.807) is 24.3 Å². The number of hydrazine groups is 1. The first-order valence-corrected chi connectivity index (χ1v) is 5.82. The summed E-state index contributed by atoms with van der Waals surface area (Å²) in [6.07, 6.45) is 0. The minimum atomic E-state index is -0.591. The van der Waals surface area contributed by atoms with Gasteiger partial charge in [0.1, 0.15) is 0 Å². The summed E-state index contributed by atoms with van der Waals surface area (Å²) in [7, 11) is 0. The highest BCUT2D eigenvalue weighted by Crippen LogP contribution is 2.11. The predicted octanol–water partition coefficient (Wildman–Crippen LogP) is -1.94. The fourth-order valence-electron chi connectivity index (χ4n) is 1.81. The van der Waals surface area contributed by atoms with Crippen LogP contribution in [0, 0.1) is 0 Å². The molecular formula is C12H17N5O3. The third-order valence-electron chi connectivity index (χ3n) is 2.55. The second kappa shape index (κ2) is 7.22. The fourth-order valence-corrected chi connectivity index (χ4v) is 1.81. The third kappa shape index (κ3) is 4.67. The van der Waals surface area contributed by atoms with E-state index in [1.165, 1.54) is 4.90 Å². The Bertz CT molecular complexity index is 502. The normalized spacial score (nSPS) is 10.3. The molecule has 0 saturated heterocycles. The Labute approximate surface area is 115 Å². The van der Waals surface area contributed by atoms with Crippen LogP contribution in [-0.4, -0.2) is 35.7 Å². The molecule has 1 rings (SSSR count). The number of benzene rings is 1.